The van der Waals surface area contributed by atoms with Crippen molar-refractivity contribution in [3.63, 3.8) is 0 Å². The molecule has 0 saturated heterocycles. The zero-order chi connectivity index (χ0) is 22.4. The van der Waals surface area contributed by atoms with Gasteiger partial charge in [0.25, 0.3) is 5.91 Å². The average molecular weight is 445 g/mol. The van der Waals surface area contributed by atoms with Crippen LogP contribution < -0.4 is 9.47 Å². The van der Waals surface area contributed by atoms with Crippen molar-refractivity contribution >= 4 is 5.91 Å². The van der Waals surface area contributed by atoms with Gasteiger partial charge in [0.05, 0.1) is 30.7 Å². The molecular weight excluding hydrogens is 422 g/mol. The highest BCUT2D eigenvalue weighted by atomic mass is 16.7. The van der Waals surface area contributed by atoms with Crippen LogP contribution in [-0.4, -0.2) is 37.6 Å². The summed E-state index contributed by atoms with van der Waals surface area (Å²) in [6.45, 7) is 0.957. The Labute approximate surface area is 189 Å². The SMILES string of the molecule is Cn1nc(CN(Cc2ccco2)C(=O)c2cc(-c3ccc4c(c3)OCO4)n[nH]2)c2c1CCC2. The Morgan fingerprint density at radius 3 is 2.94 bits per heavy atom. The van der Waals surface area contributed by atoms with Crippen molar-refractivity contribution in [1.29, 1.82) is 0 Å². The monoisotopic (exact) mass is 445 g/mol. The molecule has 4 heterocycles. The molecule has 1 aromatic carbocycles. The Hall–Kier alpha value is -4.01. The maximum Gasteiger partial charge on any atom is 0.272 e. The molecule has 0 saturated carbocycles. The second kappa shape index (κ2) is 7.84. The van der Waals surface area contributed by atoms with E-state index in [2.05, 4.69) is 10.2 Å². The fourth-order valence-corrected chi connectivity index (χ4v) is 4.60. The molecule has 0 bridgehead atoms. The fourth-order valence-electron chi connectivity index (χ4n) is 4.60. The second-order valence-corrected chi connectivity index (χ2v) is 8.32. The molecule has 1 amide bonds. The van der Waals surface area contributed by atoms with E-state index in [1.54, 1.807) is 17.2 Å². The van der Waals surface area contributed by atoms with Gasteiger partial charge in [0.2, 0.25) is 6.79 Å². The maximum absolute atomic E-state index is 13.5. The Morgan fingerprint density at radius 1 is 1.15 bits per heavy atom. The van der Waals surface area contributed by atoms with E-state index in [1.165, 1.54) is 11.3 Å². The van der Waals surface area contributed by atoms with E-state index in [0.29, 0.717) is 41.7 Å². The molecule has 0 fully saturated rings. The second-order valence-electron chi connectivity index (χ2n) is 8.32. The van der Waals surface area contributed by atoms with E-state index < -0.39 is 0 Å². The summed E-state index contributed by atoms with van der Waals surface area (Å²) in [7, 11) is 1.97. The van der Waals surface area contributed by atoms with Crippen molar-refractivity contribution in [3.05, 3.63) is 71.1 Å². The predicted octanol–water partition coefficient (Wildman–Crippen LogP) is 3.46. The molecule has 0 spiro atoms. The van der Waals surface area contributed by atoms with Gasteiger partial charge in [-0.05, 0) is 61.2 Å². The minimum Gasteiger partial charge on any atom is -0.467 e. The molecule has 6 rings (SSSR count). The lowest BCUT2D eigenvalue weighted by Gasteiger charge is -2.20. The van der Waals surface area contributed by atoms with Crippen LogP contribution in [0.2, 0.25) is 0 Å². The predicted molar refractivity (Wildman–Crippen MR) is 118 cm³/mol. The zero-order valence-electron chi connectivity index (χ0n) is 18.2. The maximum atomic E-state index is 13.5. The van der Waals surface area contributed by atoms with Crippen LogP contribution in [0, 0.1) is 0 Å². The average Bonchev–Trinajstić information content (AvgIpc) is 3.64. The molecule has 168 valence electrons. The Balaban J connectivity index is 1.29. The van der Waals surface area contributed by atoms with Gasteiger partial charge in [0, 0.05) is 18.3 Å². The van der Waals surface area contributed by atoms with Crippen molar-refractivity contribution in [2.45, 2.75) is 32.4 Å². The van der Waals surface area contributed by atoms with E-state index in [-0.39, 0.29) is 12.7 Å². The first kappa shape index (κ1) is 19.7. The summed E-state index contributed by atoms with van der Waals surface area (Å²) < 4.78 is 18.3. The summed E-state index contributed by atoms with van der Waals surface area (Å²) in [6.07, 6.45) is 4.77. The number of aryl methyl sites for hydroxylation is 1. The lowest BCUT2D eigenvalue weighted by molar-refractivity contribution is 0.0708. The first-order valence-electron chi connectivity index (χ1n) is 11.0. The van der Waals surface area contributed by atoms with E-state index in [0.717, 1.165) is 30.5 Å². The number of H-pyrrole nitrogens is 1. The van der Waals surface area contributed by atoms with Crippen molar-refractivity contribution in [3.8, 4) is 22.8 Å². The molecule has 1 aliphatic carbocycles. The summed E-state index contributed by atoms with van der Waals surface area (Å²) in [6, 6.07) is 11.1. The van der Waals surface area contributed by atoms with Gasteiger partial charge in [-0.3, -0.25) is 14.6 Å². The number of nitrogens with zero attached hydrogens (tertiary/aromatic N) is 4. The number of carbonyl (C=O) groups excluding carboxylic acids is 1. The molecule has 0 atom stereocenters. The van der Waals surface area contributed by atoms with Gasteiger partial charge in [-0.25, -0.2) is 0 Å². The third-order valence-electron chi connectivity index (χ3n) is 6.23. The summed E-state index contributed by atoms with van der Waals surface area (Å²) in [5, 5.41) is 12.0. The van der Waals surface area contributed by atoms with Crippen LogP contribution >= 0.6 is 0 Å². The Morgan fingerprint density at radius 2 is 2.06 bits per heavy atom. The van der Waals surface area contributed by atoms with Crippen LogP contribution in [-0.2, 0) is 33.0 Å². The van der Waals surface area contributed by atoms with Crippen LogP contribution in [0.3, 0.4) is 0 Å². The molecule has 0 unspecified atom stereocenters. The number of rotatable bonds is 6. The van der Waals surface area contributed by atoms with Crippen LogP contribution in [0.4, 0.5) is 0 Å². The molecule has 3 aromatic heterocycles. The molecule has 9 heteroatoms. The fraction of sp³-hybridized carbons (Fsp3) is 0.292. The van der Waals surface area contributed by atoms with Gasteiger partial charge < -0.3 is 18.8 Å². The van der Waals surface area contributed by atoms with Crippen LogP contribution in [0.5, 0.6) is 11.5 Å². The van der Waals surface area contributed by atoms with Gasteiger partial charge in [-0.2, -0.15) is 10.2 Å². The number of amides is 1. The van der Waals surface area contributed by atoms with Gasteiger partial charge >= 0.3 is 0 Å². The zero-order valence-corrected chi connectivity index (χ0v) is 18.2. The molecule has 1 aliphatic heterocycles. The minimum absolute atomic E-state index is 0.164. The van der Waals surface area contributed by atoms with Gasteiger partial charge in [0.15, 0.2) is 11.5 Å². The first-order valence-corrected chi connectivity index (χ1v) is 11.0. The number of nitrogens with one attached hydrogen (secondary N) is 1. The molecule has 9 nitrogen and oxygen atoms in total. The highest BCUT2D eigenvalue weighted by Crippen LogP contribution is 2.35. The smallest absolute Gasteiger partial charge is 0.272 e. The molecular formula is C24H23N5O4. The minimum atomic E-state index is -0.164. The number of aromatic nitrogens is 4. The van der Waals surface area contributed by atoms with E-state index in [9.17, 15) is 4.79 Å². The number of furan rings is 1. The third-order valence-corrected chi connectivity index (χ3v) is 6.23. The Kier molecular flexibility index (Phi) is 4.67. The van der Waals surface area contributed by atoms with Crippen LogP contribution in [0.25, 0.3) is 11.3 Å². The number of aromatic amines is 1. The van der Waals surface area contributed by atoms with Crippen molar-refractivity contribution in [2.24, 2.45) is 7.05 Å². The molecule has 1 N–H and O–H groups in total. The van der Waals surface area contributed by atoms with E-state index in [4.69, 9.17) is 19.0 Å². The molecule has 4 aromatic rings. The summed E-state index contributed by atoms with van der Waals surface area (Å²) in [5.41, 5.74) is 5.38. The van der Waals surface area contributed by atoms with Gasteiger partial charge in [0.1, 0.15) is 11.5 Å². The summed E-state index contributed by atoms with van der Waals surface area (Å²) >= 11 is 0. The van der Waals surface area contributed by atoms with Crippen molar-refractivity contribution < 1.29 is 18.7 Å². The van der Waals surface area contributed by atoms with Crippen molar-refractivity contribution in [1.82, 2.24) is 24.9 Å². The van der Waals surface area contributed by atoms with E-state index in [1.807, 2.05) is 42.1 Å². The number of hydrogen-bond acceptors (Lipinski definition) is 6. The lowest BCUT2D eigenvalue weighted by Crippen LogP contribution is -2.31. The van der Waals surface area contributed by atoms with Gasteiger partial charge in [-0.1, -0.05) is 0 Å². The van der Waals surface area contributed by atoms with Crippen LogP contribution in [0.1, 0.15) is 39.6 Å². The van der Waals surface area contributed by atoms with Crippen LogP contribution in [0.15, 0.2) is 47.1 Å². The highest BCUT2D eigenvalue weighted by Gasteiger charge is 2.26. The van der Waals surface area contributed by atoms with Gasteiger partial charge in [-0.15, -0.1) is 0 Å². The Bertz CT molecular complexity index is 1320. The topological polar surface area (TPSA) is 98.4 Å². The summed E-state index contributed by atoms with van der Waals surface area (Å²) in [4.78, 5) is 15.3. The molecule has 0 radical (unpaired) electrons. The number of ether oxygens (including phenoxy) is 2. The summed E-state index contributed by atoms with van der Waals surface area (Å²) in [5.74, 6) is 1.93. The normalized spacial score (nSPS) is 14.0. The largest absolute Gasteiger partial charge is 0.467 e. The first-order chi connectivity index (χ1) is 16.2. The molecule has 33 heavy (non-hydrogen) atoms. The number of fused-ring (bicyclic) bond motifs is 2. The number of hydrogen-bond donors (Lipinski definition) is 1. The molecule has 2 aliphatic rings. The number of carbonyl (C=O) groups is 1. The quantitative estimate of drug-likeness (QED) is 0.488. The van der Waals surface area contributed by atoms with E-state index >= 15 is 0 Å². The highest BCUT2D eigenvalue weighted by molar-refractivity contribution is 5.93. The number of benzene rings is 1. The van der Waals surface area contributed by atoms with Crippen molar-refractivity contribution in [2.75, 3.05) is 6.79 Å². The third kappa shape index (κ3) is 3.55. The lowest BCUT2D eigenvalue weighted by atomic mass is 10.1. The standard InChI is InChI=1S/C24H23N5O4/c1-28-21-6-2-5-17(21)20(27-28)13-29(12-16-4-3-9-31-16)24(30)19-11-18(25-26-19)15-7-8-22-23(10-15)33-14-32-22/h3-4,7-11H,2,5-6,12-14H2,1H3,(H,25,26).